The van der Waals surface area contributed by atoms with Crippen LogP contribution in [0.3, 0.4) is 0 Å². The number of carbonyl (C=O) groups excluding carboxylic acids is 4. The van der Waals surface area contributed by atoms with Crippen molar-refractivity contribution < 1.29 is 23.9 Å². The van der Waals surface area contributed by atoms with Crippen molar-refractivity contribution >= 4 is 29.1 Å². The number of aromatic nitrogens is 1. The summed E-state index contributed by atoms with van der Waals surface area (Å²) < 4.78 is 5.22. The van der Waals surface area contributed by atoms with Crippen molar-refractivity contribution in [3.63, 3.8) is 0 Å². The maximum Gasteiger partial charge on any atom is 0.355 e. The minimum Gasteiger partial charge on any atom is -0.448 e. The van der Waals surface area contributed by atoms with Gasteiger partial charge in [-0.1, -0.05) is 12.1 Å². The first-order valence-electron chi connectivity index (χ1n) is 8.45. The van der Waals surface area contributed by atoms with Gasteiger partial charge >= 0.3 is 5.97 Å². The van der Waals surface area contributed by atoms with Crippen LogP contribution in [0.15, 0.2) is 24.3 Å². The maximum atomic E-state index is 12.4. The van der Waals surface area contributed by atoms with Gasteiger partial charge in [-0.25, -0.2) is 4.79 Å². The third-order valence-corrected chi connectivity index (χ3v) is 4.21. The predicted molar refractivity (Wildman–Crippen MR) is 100 cm³/mol. The maximum absolute atomic E-state index is 12.4. The van der Waals surface area contributed by atoms with Crippen molar-refractivity contribution in [2.24, 2.45) is 0 Å². The lowest BCUT2D eigenvalue weighted by atomic mass is 10.1. The van der Waals surface area contributed by atoms with Crippen LogP contribution in [0.1, 0.15) is 63.2 Å². The number of carbonyl (C=O) groups is 4. The topological polar surface area (TPSA) is 105 Å². The van der Waals surface area contributed by atoms with E-state index < -0.39 is 18.0 Å². The fraction of sp³-hybridized carbons (Fsp3) is 0.300. The number of hydrogen-bond donors (Lipinski definition) is 2. The van der Waals surface area contributed by atoms with Crippen molar-refractivity contribution in [3.05, 3.63) is 52.3 Å². The molecule has 1 amide bonds. The Bertz CT molecular complexity index is 926. The fourth-order valence-corrected chi connectivity index (χ4v) is 2.89. The largest absolute Gasteiger partial charge is 0.448 e. The molecule has 27 heavy (non-hydrogen) atoms. The molecule has 142 valence electrons. The average Bonchev–Trinajstić information content (AvgIpc) is 2.89. The number of anilines is 1. The highest BCUT2D eigenvalue weighted by atomic mass is 16.5. The van der Waals surface area contributed by atoms with Gasteiger partial charge in [-0.2, -0.15) is 0 Å². The number of amides is 1. The Morgan fingerprint density at radius 1 is 1.04 bits per heavy atom. The minimum atomic E-state index is -1.10. The molecule has 1 heterocycles. The quantitative estimate of drug-likeness (QED) is 0.600. The zero-order valence-corrected chi connectivity index (χ0v) is 15.9. The van der Waals surface area contributed by atoms with Gasteiger partial charge in [-0.05, 0) is 52.3 Å². The summed E-state index contributed by atoms with van der Waals surface area (Å²) in [6, 6.07) is 6.58. The molecule has 0 radical (unpaired) electrons. The second-order valence-corrected chi connectivity index (χ2v) is 6.32. The van der Waals surface area contributed by atoms with Gasteiger partial charge in [0.25, 0.3) is 5.91 Å². The van der Waals surface area contributed by atoms with Crippen molar-refractivity contribution in [3.8, 4) is 0 Å². The molecule has 0 aliphatic heterocycles. The molecule has 0 aliphatic rings. The Hall–Kier alpha value is -3.22. The summed E-state index contributed by atoms with van der Waals surface area (Å²) in [7, 11) is 0. The van der Waals surface area contributed by atoms with Crippen molar-refractivity contribution in [1.29, 1.82) is 0 Å². The van der Waals surface area contributed by atoms with Crippen LogP contribution in [0.25, 0.3) is 0 Å². The van der Waals surface area contributed by atoms with Gasteiger partial charge in [0, 0.05) is 16.8 Å². The summed E-state index contributed by atoms with van der Waals surface area (Å²) in [5.74, 6) is -1.65. The summed E-state index contributed by atoms with van der Waals surface area (Å²) in [4.78, 5) is 50.9. The van der Waals surface area contributed by atoms with Crippen molar-refractivity contribution in [1.82, 2.24) is 4.98 Å². The fourth-order valence-electron chi connectivity index (χ4n) is 2.89. The Morgan fingerprint density at radius 2 is 1.67 bits per heavy atom. The van der Waals surface area contributed by atoms with Gasteiger partial charge in [0.2, 0.25) is 0 Å². The van der Waals surface area contributed by atoms with E-state index in [2.05, 4.69) is 10.3 Å². The summed E-state index contributed by atoms with van der Waals surface area (Å²) in [5.41, 5.74) is 2.35. The molecule has 0 fully saturated rings. The van der Waals surface area contributed by atoms with Crippen molar-refractivity contribution in [2.75, 3.05) is 5.32 Å². The number of aromatic amines is 1. The molecule has 0 spiro atoms. The third-order valence-electron chi connectivity index (χ3n) is 4.21. The van der Waals surface area contributed by atoms with Gasteiger partial charge in [-0.3, -0.25) is 14.4 Å². The molecule has 7 nitrogen and oxygen atoms in total. The van der Waals surface area contributed by atoms with Crippen LogP contribution < -0.4 is 5.32 Å². The summed E-state index contributed by atoms with van der Waals surface area (Å²) in [5, 5.41) is 2.60. The molecule has 2 N–H and O–H groups in total. The van der Waals surface area contributed by atoms with Crippen LogP contribution in [0.2, 0.25) is 0 Å². The van der Waals surface area contributed by atoms with Gasteiger partial charge in [0.15, 0.2) is 17.7 Å². The van der Waals surface area contributed by atoms with Gasteiger partial charge in [-0.15, -0.1) is 0 Å². The number of Topliss-reactive ketones (excluding diaryl/α,β-unsaturated/α-hetero) is 2. The van der Waals surface area contributed by atoms with Gasteiger partial charge in [0.1, 0.15) is 5.69 Å². The second kappa shape index (κ2) is 7.99. The molecule has 0 saturated carbocycles. The molecule has 0 aliphatic carbocycles. The molecule has 1 aromatic heterocycles. The lowest BCUT2D eigenvalue weighted by molar-refractivity contribution is -0.123. The number of aryl methyl sites for hydroxylation is 1. The molecule has 1 atom stereocenters. The zero-order chi connectivity index (χ0) is 20.3. The summed E-state index contributed by atoms with van der Waals surface area (Å²) >= 11 is 0. The molecule has 1 aromatic carbocycles. The Kier molecular flexibility index (Phi) is 5.95. The zero-order valence-electron chi connectivity index (χ0n) is 15.9. The highest BCUT2D eigenvalue weighted by Crippen LogP contribution is 2.20. The smallest absolute Gasteiger partial charge is 0.355 e. The third kappa shape index (κ3) is 4.31. The Morgan fingerprint density at radius 3 is 2.22 bits per heavy atom. The van der Waals surface area contributed by atoms with E-state index in [0.717, 1.165) is 0 Å². The number of benzene rings is 1. The van der Waals surface area contributed by atoms with E-state index in [-0.39, 0.29) is 17.3 Å². The lowest BCUT2D eigenvalue weighted by Gasteiger charge is -2.15. The van der Waals surface area contributed by atoms with Gasteiger partial charge < -0.3 is 15.0 Å². The molecule has 0 saturated heterocycles. The summed E-state index contributed by atoms with van der Waals surface area (Å²) in [6.45, 7) is 7.58. The van der Waals surface area contributed by atoms with Gasteiger partial charge in [0.05, 0.1) is 5.69 Å². The molecule has 0 unspecified atom stereocenters. The molecule has 7 heteroatoms. The van der Waals surface area contributed by atoms with E-state index in [1.54, 1.807) is 38.1 Å². The molecular weight excluding hydrogens is 348 g/mol. The van der Waals surface area contributed by atoms with E-state index in [9.17, 15) is 19.2 Å². The van der Waals surface area contributed by atoms with Crippen LogP contribution in [0.4, 0.5) is 5.69 Å². The Labute approximate surface area is 157 Å². The van der Waals surface area contributed by atoms with Crippen LogP contribution in [-0.2, 0) is 9.53 Å². The van der Waals surface area contributed by atoms with Crippen LogP contribution in [0, 0.1) is 13.8 Å². The SMILES string of the molecule is CC(=O)c1ccccc1NC(=O)[C@@H](C)OC(=O)c1[nH]c(C)c(C(C)=O)c1C. The van der Waals surface area contributed by atoms with Crippen LogP contribution in [-0.4, -0.2) is 34.5 Å². The average molecular weight is 370 g/mol. The van der Waals surface area contributed by atoms with E-state index in [0.29, 0.717) is 28.1 Å². The first-order valence-corrected chi connectivity index (χ1v) is 8.45. The number of esters is 1. The lowest BCUT2D eigenvalue weighted by Crippen LogP contribution is -2.30. The number of ether oxygens (including phenoxy) is 1. The number of ketones is 2. The molecular formula is C20H22N2O5. The number of nitrogens with one attached hydrogen (secondary N) is 2. The normalized spacial score (nSPS) is 11.6. The highest BCUT2D eigenvalue weighted by molar-refractivity contribution is 6.05. The summed E-state index contributed by atoms with van der Waals surface area (Å²) in [6.07, 6.45) is -1.10. The molecule has 2 aromatic rings. The van der Waals surface area contributed by atoms with E-state index in [4.69, 9.17) is 4.74 Å². The number of hydrogen-bond acceptors (Lipinski definition) is 5. The van der Waals surface area contributed by atoms with Crippen molar-refractivity contribution in [2.45, 2.75) is 40.7 Å². The highest BCUT2D eigenvalue weighted by Gasteiger charge is 2.25. The minimum absolute atomic E-state index is 0.140. The number of para-hydroxylation sites is 1. The first-order chi connectivity index (χ1) is 12.6. The van der Waals surface area contributed by atoms with E-state index in [1.165, 1.54) is 20.8 Å². The van der Waals surface area contributed by atoms with Crippen LogP contribution >= 0.6 is 0 Å². The number of rotatable bonds is 6. The standard InChI is InChI=1S/C20H22N2O5/c1-10-17(13(4)24)11(2)21-18(10)20(26)27-14(5)19(25)22-16-9-7-6-8-15(16)12(3)23/h6-9,14,21H,1-5H3,(H,22,25)/t14-/m1/s1. The number of H-pyrrole nitrogens is 1. The Balaban J connectivity index is 2.13. The van der Waals surface area contributed by atoms with E-state index >= 15 is 0 Å². The monoisotopic (exact) mass is 370 g/mol. The first kappa shape index (κ1) is 20.1. The molecule has 2 rings (SSSR count). The molecule has 0 bridgehead atoms. The van der Waals surface area contributed by atoms with Crippen LogP contribution in [0.5, 0.6) is 0 Å². The van der Waals surface area contributed by atoms with E-state index in [1.807, 2.05) is 0 Å². The second-order valence-electron chi connectivity index (χ2n) is 6.32. The predicted octanol–water partition coefficient (Wildman–Crippen LogP) is 3.22.